The van der Waals surface area contributed by atoms with Crippen LogP contribution in [0.5, 0.6) is 0 Å². The van der Waals surface area contributed by atoms with Gasteiger partial charge in [-0.3, -0.25) is 4.98 Å². The molecule has 0 radical (unpaired) electrons. The molecule has 0 spiro atoms. The molecular formula is C26H24F2N6O2. The molecule has 8 nitrogen and oxygen atoms in total. The van der Waals surface area contributed by atoms with Crippen molar-refractivity contribution in [1.82, 2.24) is 20.3 Å². The Morgan fingerprint density at radius 3 is 2.61 bits per heavy atom. The fourth-order valence-corrected chi connectivity index (χ4v) is 4.72. The van der Waals surface area contributed by atoms with Crippen LogP contribution in [0, 0.1) is 17.6 Å². The summed E-state index contributed by atoms with van der Waals surface area (Å²) in [6.07, 6.45) is 4.62. The highest BCUT2D eigenvalue weighted by molar-refractivity contribution is 5.94. The molecule has 184 valence electrons. The summed E-state index contributed by atoms with van der Waals surface area (Å²) in [6, 6.07) is 10.8. The molecule has 0 saturated carbocycles. The van der Waals surface area contributed by atoms with Gasteiger partial charge in [-0.05, 0) is 36.6 Å². The summed E-state index contributed by atoms with van der Waals surface area (Å²) < 4.78 is 28.8. The van der Waals surface area contributed by atoms with Crippen LogP contribution in [0.3, 0.4) is 0 Å². The number of aromatic nitrogens is 3. The van der Waals surface area contributed by atoms with E-state index in [1.54, 1.807) is 12.4 Å². The summed E-state index contributed by atoms with van der Waals surface area (Å²) in [5, 5.41) is 15.9. The lowest BCUT2D eigenvalue weighted by Gasteiger charge is -2.38. The monoisotopic (exact) mass is 490 g/mol. The number of carboxylic acid groups (broad SMARTS) is 1. The first-order valence-corrected chi connectivity index (χ1v) is 11.5. The van der Waals surface area contributed by atoms with Crippen molar-refractivity contribution in [2.75, 3.05) is 23.3 Å². The Balaban J connectivity index is 1.51. The van der Waals surface area contributed by atoms with Crippen LogP contribution < -0.4 is 15.5 Å². The van der Waals surface area contributed by atoms with Crippen LogP contribution >= 0.6 is 0 Å². The number of benzene rings is 2. The molecular weight excluding hydrogens is 466 g/mol. The molecule has 1 saturated heterocycles. The molecule has 2 aromatic heterocycles. The van der Waals surface area contributed by atoms with Gasteiger partial charge in [-0.2, -0.15) is 0 Å². The largest absolute Gasteiger partial charge is 0.465 e. The second-order valence-corrected chi connectivity index (χ2v) is 8.94. The van der Waals surface area contributed by atoms with Gasteiger partial charge in [-0.1, -0.05) is 25.1 Å². The lowest BCUT2D eigenvalue weighted by Crippen LogP contribution is -2.50. The van der Waals surface area contributed by atoms with Gasteiger partial charge >= 0.3 is 6.09 Å². The number of anilines is 3. The second kappa shape index (κ2) is 9.73. The SMILES string of the molecule is C[C@@H]1C[C@H](NC(=O)O)CN(c2ccncc2Nc2cccc3cnc(-c4c(F)cccc4F)nc23)C1. The molecule has 0 bridgehead atoms. The predicted octanol–water partition coefficient (Wildman–Crippen LogP) is 5.20. The van der Waals surface area contributed by atoms with Gasteiger partial charge in [0, 0.05) is 36.9 Å². The number of pyridine rings is 1. The van der Waals surface area contributed by atoms with Crippen molar-refractivity contribution >= 4 is 34.1 Å². The summed E-state index contributed by atoms with van der Waals surface area (Å²) in [5.74, 6) is -1.25. The van der Waals surface area contributed by atoms with Gasteiger partial charge in [-0.15, -0.1) is 0 Å². The Labute approximate surface area is 206 Å². The zero-order chi connectivity index (χ0) is 25.2. The number of para-hydroxylation sites is 1. The van der Waals surface area contributed by atoms with Gasteiger partial charge in [-0.25, -0.2) is 23.5 Å². The molecule has 3 heterocycles. The fraction of sp³-hybridized carbons (Fsp3) is 0.231. The summed E-state index contributed by atoms with van der Waals surface area (Å²) in [7, 11) is 0. The molecule has 0 aliphatic carbocycles. The summed E-state index contributed by atoms with van der Waals surface area (Å²) in [4.78, 5) is 26.3. The third-order valence-electron chi connectivity index (χ3n) is 6.19. The molecule has 36 heavy (non-hydrogen) atoms. The van der Waals surface area contributed by atoms with E-state index in [2.05, 4.69) is 37.4 Å². The first kappa shape index (κ1) is 23.4. The van der Waals surface area contributed by atoms with Crippen LogP contribution in [0.1, 0.15) is 13.3 Å². The highest BCUT2D eigenvalue weighted by Crippen LogP contribution is 2.34. The molecule has 4 aromatic rings. The Kier molecular flexibility index (Phi) is 6.32. The Hall–Kier alpha value is -4.34. The Morgan fingerprint density at radius 1 is 1.06 bits per heavy atom. The predicted molar refractivity (Wildman–Crippen MR) is 133 cm³/mol. The Morgan fingerprint density at radius 2 is 1.83 bits per heavy atom. The number of fused-ring (bicyclic) bond motifs is 1. The smallest absolute Gasteiger partial charge is 0.404 e. The van der Waals surface area contributed by atoms with E-state index < -0.39 is 17.7 Å². The van der Waals surface area contributed by atoms with E-state index in [0.29, 0.717) is 28.8 Å². The first-order valence-electron chi connectivity index (χ1n) is 11.5. The number of rotatable bonds is 5. The zero-order valence-electron chi connectivity index (χ0n) is 19.4. The minimum absolute atomic E-state index is 0.0498. The lowest BCUT2D eigenvalue weighted by molar-refractivity contribution is 0.186. The number of amides is 1. The van der Waals surface area contributed by atoms with Crippen molar-refractivity contribution in [3.63, 3.8) is 0 Å². The molecule has 5 rings (SSSR count). The number of nitrogens with zero attached hydrogens (tertiary/aromatic N) is 4. The van der Waals surface area contributed by atoms with Crippen molar-refractivity contribution in [3.8, 4) is 11.4 Å². The summed E-state index contributed by atoms with van der Waals surface area (Å²) in [5.41, 5.74) is 2.39. The number of nitrogens with one attached hydrogen (secondary N) is 2. The van der Waals surface area contributed by atoms with Gasteiger partial charge in [0.2, 0.25) is 0 Å². The van der Waals surface area contributed by atoms with E-state index in [1.165, 1.54) is 24.4 Å². The summed E-state index contributed by atoms with van der Waals surface area (Å²) >= 11 is 0. The maximum absolute atomic E-state index is 14.4. The minimum Gasteiger partial charge on any atom is -0.465 e. The van der Waals surface area contributed by atoms with Gasteiger partial charge in [0.25, 0.3) is 0 Å². The van der Waals surface area contributed by atoms with E-state index in [-0.39, 0.29) is 23.3 Å². The average Bonchev–Trinajstić information content (AvgIpc) is 2.84. The third-order valence-corrected chi connectivity index (χ3v) is 6.19. The van der Waals surface area contributed by atoms with Crippen molar-refractivity contribution in [2.24, 2.45) is 5.92 Å². The topological polar surface area (TPSA) is 103 Å². The first-order chi connectivity index (χ1) is 17.4. The molecule has 3 N–H and O–H groups in total. The number of halogens is 2. The van der Waals surface area contributed by atoms with Crippen LogP contribution in [-0.4, -0.2) is 45.3 Å². The maximum atomic E-state index is 14.4. The van der Waals surface area contributed by atoms with Gasteiger partial charge in [0.1, 0.15) is 11.6 Å². The van der Waals surface area contributed by atoms with Gasteiger partial charge in [0.15, 0.2) is 5.82 Å². The van der Waals surface area contributed by atoms with Crippen molar-refractivity contribution in [2.45, 2.75) is 19.4 Å². The van der Waals surface area contributed by atoms with E-state index in [0.717, 1.165) is 18.7 Å². The standard InChI is InChI=1S/C26H24F2N6O2/c1-15-10-17(31-26(35)36)14-34(13-15)22-8-9-29-12-21(22)32-20-7-2-4-16-11-30-25(33-24(16)20)23-18(27)5-3-6-19(23)28/h2-9,11-12,15,17,31-32H,10,13-14H2,1H3,(H,35,36)/t15-,17+/m1/s1. The molecule has 2 aromatic carbocycles. The van der Waals surface area contributed by atoms with Gasteiger partial charge in [0.05, 0.1) is 34.3 Å². The molecule has 1 aliphatic heterocycles. The van der Waals surface area contributed by atoms with Crippen LogP contribution in [0.15, 0.2) is 61.1 Å². The third kappa shape index (κ3) is 4.74. The van der Waals surface area contributed by atoms with E-state index >= 15 is 0 Å². The average molecular weight is 491 g/mol. The highest BCUT2D eigenvalue weighted by Gasteiger charge is 2.27. The van der Waals surface area contributed by atoms with E-state index in [4.69, 9.17) is 0 Å². The molecule has 1 aliphatic rings. The van der Waals surface area contributed by atoms with Crippen molar-refractivity contribution in [1.29, 1.82) is 0 Å². The second-order valence-electron chi connectivity index (χ2n) is 8.94. The van der Waals surface area contributed by atoms with E-state index in [1.807, 2.05) is 24.3 Å². The van der Waals surface area contributed by atoms with Crippen LogP contribution in [0.25, 0.3) is 22.3 Å². The van der Waals surface area contributed by atoms with Crippen molar-refractivity contribution < 1.29 is 18.7 Å². The van der Waals surface area contributed by atoms with E-state index in [9.17, 15) is 18.7 Å². The Bertz CT molecular complexity index is 1410. The van der Waals surface area contributed by atoms with Crippen LogP contribution in [0.4, 0.5) is 30.6 Å². The molecule has 1 amide bonds. The fourth-order valence-electron chi connectivity index (χ4n) is 4.72. The normalized spacial score (nSPS) is 17.7. The molecule has 0 unspecified atom stereocenters. The number of piperidine rings is 1. The molecule has 10 heteroatoms. The highest BCUT2D eigenvalue weighted by atomic mass is 19.1. The number of hydrogen-bond acceptors (Lipinski definition) is 6. The number of hydrogen-bond donors (Lipinski definition) is 3. The zero-order valence-corrected chi connectivity index (χ0v) is 19.4. The maximum Gasteiger partial charge on any atom is 0.404 e. The lowest BCUT2D eigenvalue weighted by atomic mass is 9.95. The van der Waals surface area contributed by atoms with Gasteiger partial charge < -0.3 is 20.6 Å². The molecule has 1 fully saturated rings. The molecule has 2 atom stereocenters. The minimum atomic E-state index is -1.04. The number of carbonyl (C=O) groups is 1. The van der Waals surface area contributed by atoms with Crippen LogP contribution in [0.2, 0.25) is 0 Å². The quantitative estimate of drug-likeness (QED) is 0.353. The van der Waals surface area contributed by atoms with Crippen molar-refractivity contribution in [3.05, 3.63) is 72.7 Å². The van der Waals surface area contributed by atoms with Crippen LogP contribution in [-0.2, 0) is 0 Å². The summed E-state index contributed by atoms with van der Waals surface area (Å²) in [6.45, 7) is 3.36.